The summed E-state index contributed by atoms with van der Waals surface area (Å²) in [5, 5.41) is 12.6. The molecule has 1 rings (SSSR count). The molecular formula is C14H22BrFN2O. The van der Waals surface area contributed by atoms with E-state index in [9.17, 15) is 9.50 Å². The zero-order valence-electron chi connectivity index (χ0n) is 11.5. The van der Waals surface area contributed by atoms with E-state index in [-0.39, 0.29) is 18.5 Å². The van der Waals surface area contributed by atoms with Crippen molar-refractivity contribution in [2.75, 3.05) is 32.8 Å². The number of hydrogen-bond acceptors (Lipinski definition) is 3. The lowest BCUT2D eigenvalue weighted by Crippen LogP contribution is -2.35. The molecule has 2 N–H and O–H groups in total. The van der Waals surface area contributed by atoms with Crippen LogP contribution in [0.5, 0.6) is 0 Å². The second-order valence-electron chi connectivity index (χ2n) is 4.38. The smallest absolute Gasteiger partial charge is 0.128 e. The normalized spacial score (nSPS) is 12.9. The van der Waals surface area contributed by atoms with Gasteiger partial charge in [0, 0.05) is 23.1 Å². The molecule has 108 valence electrons. The number of nitrogens with one attached hydrogen (secondary N) is 1. The number of nitrogens with zero attached hydrogens (tertiary/aromatic N) is 1. The van der Waals surface area contributed by atoms with Gasteiger partial charge in [0.05, 0.1) is 12.6 Å². The molecule has 3 nitrogen and oxygen atoms in total. The number of aliphatic hydroxyl groups excluding tert-OH is 1. The first-order valence-electron chi connectivity index (χ1n) is 6.63. The van der Waals surface area contributed by atoms with Crippen LogP contribution in [0, 0.1) is 5.82 Å². The number of rotatable bonds is 8. The molecule has 0 aliphatic heterocycles. The topological polar surface area (TPSA) is 35.5 Å². The first-order valence-corrected chi connectivity index (χ1v) is 7.43. The summed E-state index contributed by atoms with van der Waals surface area (Å²) in [6, 6.07) is 4.41. The maximum absolute atomic E-state index is 13.7. The summed E-state index contributed by atoms with van der Waals surface area (Å²) < 4.78 is 14.6. The van der Waals surface area contributed by atoms with Crippen LogP contribution in [0.4, 0.5) is 4.39 Å². The van der Waals surface area contributed by atoms with E-state index in [1.54, 1.807) is 12.1 Å². The Morgan fingerprint density at radius 3 is 2.63 bits per heavy atom. The van der Waals surface area contributed by atoms with E-state index in [1.165, 1.54) is 6.07 Å². The minimum absolute atomic E-state index is 0.119. The molecule has 0 saturated heterocycles. The molecule has 1 aromatic carbocycles. The number of aliphatic hydroxyl groups is 1. The van der Waals surface area contributed by atoms with Crippen molar-refractivity contribution >= 4 is 15.9 Å². The molecule has 1 atom stereocenters. The maximum atomic E-state index is 13.7. The third-order valence-electron chi connectivity index (χ3n) is 3.23. The zero-order chi connectivity index (χ0) is 14.3. The first-order chi connectivity index (χ1) is 9.12. The molecule has 0 heterocycles. The standard InChI is InChI=1S/C14H22BrFN2O/c1-3-18(4-2)8-7-17-14(10-19)12-9-11(15)5-6-13(12)16/h5-6,9,14,17,19H,3-4,7-8,10H2,1-2H3. The fraction of sp³-hybridized carbons (Fsp3) is 0.571. The number of benzene rings is 1. The average Bonchev–Trinajstić information content (AvgIpc) is 2.42. The molecule has 0 bridgehead atoms. The van der Waals surface area contributed by atoms with Crippen LogP contribution >= 0.6 is 15.9 Å². The van der Waals surface area contributed by atoms with Crippen molar-refractivity contribution in [3.05, 3.63) is 34.1 Å². The van der Waals surface area contributed by atoms with Gasteiger partial charge in [-0.05, 0) is 31.3 Å². The molecule has 19 heavy (non-hydrogen) atoms. The third kappa shape index (κ3) is 5.18. The summed E-state index contributed by atoms with van der Waals surface area (Å²) in [7, 11) is 0. The Kier molecular flexibility index (Phi) is 7.53. The SMILES string of the molecule is CCN(CC)CCNC(CO)c1cc(Br)ccc1F. The highest BCUT2D eigenvalue weighted by Gasteiger charge is 2.15. The molecule has 0 aliphatic rings. The summed E-state index contributed by atoms with van der Waals surface area (Å²) in [6.07, 6.45) is 0. The van der Waals surface area contributed by atoms with Gasteiger partial charge >= 0.3 is 0 Å². The van der Waals surface area contributed by atoms with Crippen LogP contribution in [0.2, 0.25) is 0 Å². The van der Waals surface area contributed by atoms with Crippen LogP contribution in [0.1, 0.15) is 25.5 Å². The Balaban J connectivity index is 2.60. The highest BCUT2D eigenvalue weighted by atomic mass is 79.9. The van der Waals surface area contributed by atoms with Gasteiger partial charge in [-0.25, -0.2) is 4.39 Å². The van der Waals surface area contributed by atoms with Crippen LogP contribution in [0.3, 0.4) is 0 Å². The van der Waals surface area contributed by atoms with Crippen LogP contribution in [-0.2, 0) is 0 Å². The molecule has 0 amide bonds. The van der Waals surface area contributed by atoms with E-state index in [0.717, 1.165) is 30.7 Å². The minimum Gasteiger partial charge on any atom is -0.394 e. The van der Waals surface area contributed by atoms with Crippen LogP contribution < -0.4 is 5.32 Å². The van der Waals surface area contributed by atoms with Crippen LogP contribution in [0.25, 0.3) is 0 Å². The third-order valence-corrected chi connectivity index (χ3v) is 3.72. The lowest BCUT2D eigenvalue weighted by molar-refractivity contribution is 0.231. The minimum atomic E-state index is -0.368. The van der Waals surface area contributed by atoms with Gasteiger partial charge < -0.3 is 15.3 Å². The molecule has 0 aliphatic carbocycles. The summed E-state index contributed by atoms with van der Waals surface area (Å²) in [4.78, 5) is 2.28. The van der Waals surface area contributed by atoms with Crippen molar-refractivity contribution < 1.29 is 9.50 Å². The van der Waals surface area contributed by atoms with Gasteiger partial charge in [-0.2, -0.15) is 0 Å². The fourth-order valence-corrected chi connectivity index (χ4v) is 2.37. The van der Waals surface area contributed by atoms with Crippen molar-refractivity contribution in [2.45, 2.75) is 19.9 Å². The second kappa shape index (κ2) is 8.64. The van der Waals surface area contributed by atoms with Crippen molar-refractivity contribution in [1.29, 1.82) is 0 Å². The average molecular weight is 333 g/mol. The van der Waals surface area contributed by atoms with E-state index >= 15 is 0 Å². The first kappa shape index (κ1) is 16.6. The van der Waals surface area contributed by atoms with Gasteiger partial charge in [-0.15, -0.1) is 0 Å². The van der Waals surface area contributed by atoms with E-state index < -0.39 is 0 Å². The van der Waals surface area contributed by atoms with Crippen molar-refractivity contribution in [3.63, 3.8) is 0 Å². The summed E-state index contributed by atoms with van der Waals surface area (Å²) in [5.41, 5.74) is 0.497. The predicted molar refractivity (Wildman–Crippen MR) is 79.7 cm³/mol. The Bertz CT molecular complexity index is 386. The zero-order valence-corrected chi connectivity index (χ0v) is 13.1. The van der Waals surface area contributed by atoms with Gasteiger partial charge in [0.2, 0.25) is 0 Å². The van der Waals surface area contributed by atoms with Crippen LogP contribution in [-0.4, -0.2) is 42.8 Å². The lowest BCUT2D eigenvalue weighted by Gasteiger charge is -2.22. The Morgan fingerprint density at radius 1 is 1.37 bits per heavy atom. The van der Waals surface area contributed by atoms with Gasteiger partial charge in [-0.3, -0.25) is 0 Å². The molecule has 0 fully saturated rings. The molecule has 0 saturated carbocycles. The predicted octanol–water partition coefficient (Wildman–Crippen LogP) is 2.55. The number of halogens is 2. The highest BCUT2D eigenvalue weighted by molar-refractivity contribution is 9.10. The van der Waals surface area contributed by atoms with Crippen molar-refractivity contribution in [2.24, 2.45) is 0 Å². The molecule has 0 aromatic heterocycles. The van der Waals surface area contributed by atoms with Crippen molar-refractivity contribution in [1.82, 2.24) is 10.2 Å². The molecule has 5 heteroatoms. The Hall–Kier alpha value is -0.490. The maximum Gasteiger partial charge on any atom is 0.128 e. The molecule has 1 unspecified atom stereocenters. The van der Waals surface area contributed by atoms with Gasteiger partial charge in [-0.1, -0.05) is 29.8 Å². The Morgan fingerprint density at radius 2 is 2.05 bits per heavy atom. The summed E-state index contributed by atoms with van der Waals surface area (Å²) in [6.45, 7) is 7.70. The number of hydrogen-bond donors (Lipinski definition) is 2. The second-order valence-corrected chi connectivity index (χ2v) is 5.30. The monoisotopic (exact) mass is 332 g/mol. The lowest BCUT2D eigenvalue weighted by atomic mass is 10.1. The van der Waals surface area contributed by atoms with E-state index in [1.807, 2.05) is 0 Å². The Labute approximate surface area is 122 Å². The van der Waals surface area contributed by atoms with E-state index in [0.29, 0.717) is 5.56 Å². The number of likely N-dealkylation sites (N-methyl/N-ethyl adjacent to an activating group) is 1. The molecule has 0 radical (unpaired) electrons. The van der Waals surface area contributed by atoms with E-state index in [2.05, 4.69) is 40.0 Å². The fourth-order valence-electron chi connectivity index (χ4n) is 1.99. The summed E-state index contributed by atoms with van der Waals surface area (Å²) in [5.74, 6) is -0.294. The van der Waals surface area contributed by atoms with Crippen LogP contribution in [0.15, 0.2) is 22.7 Å². The quantitative estimate of drug-likeness (QED) is 0.768. The molecule has 1 aromatic rings. The van der Waals surface area contributed by atoms with Gasteiger partial charge in [0.25, 0.3) is 0 Å². The molecule has 0 spiro atoms. The van der Waals surface area contributed by atoms with Gasteiger partial charge in [0.1, 0.15) is 5.82 Å². The molecular weight excluding hydrogens is 311 g/mol. The van der Waals surface area contributed by atoms with Crippen molar-refractivity contribution in [3.8, 4) is 0 Å². The summed E-state index contributed by atoms with van der Waals surface area (Å²) >= 11 is 3.32. The highest BCUT2D eigenvalue weighted by Crippen LogP contribution is 2.21. The largest absolute Gasteiger partial charge is 0.394 e. The van der Waals surface area contributed by atoms with Gasteiger partial charge in [0.15, 0.2) is 0 Å². The van der Waals surface area contributed by atoms with E-state index in [4.69, 9.17) is 0 Å².